The van der Waals surface area contributed by atoms with E-state index in [2.05, 4.69) is 28.9 Å². The summed E-state index contributed by atoms with van der Waals surface area (Å²) in [5.41, 5.74) is -3.47. The molecule has 1 aliphatic heterocycles. The number of aromatic nitrogens is 4. The lowest BCUT2D eigenvalue weighted by atomic mass is 10.1. The molecule has 0 saturated carbocycles. The Bertz CT molecular complexity index is 1030. The second-order valence-electron chi connectivity index (χ2n) is 8.15. The zero-order valence-corrected chi connectivity index (χ0v) is 19.9. The number of carbonyl (C=O) groups is 1. The molecule has 8 nitrogen and oxygen atoms in total. The molecule has 0 bridgehead atoms. The lowest BCUT2D eigenvalue weighted by molar-refractivity contribution is -0.139. The quantitative estimate of drug-likeness (QED) is 0.454. The number of nitrogens with zero attached hydrogens (tertiary/aromatic N) is 5. The number of aryl methyl sites for hydroxylation is 1. The molecule has 2 aromatic rings. The van der Waals surface area contributed by atoms with Gasteiger partial charge in [-0.1, -0.05) is 20.3 Å². The molecule has 2 aromatic heterocycles. The van der Waals surface area contributed by atoms with Crippen LogP contribution >= 0.6 is 0 Å². The normalized spacial score (nSPS) is 14.3. The van der Waals surface area contributed by atoms with Crippen molar-refractivity contribution in [2.24, 2.45) is 0 Å². The van der Waals surface area contributed by atoms with E-state index in [1.54, 1.807) is 9.80 Å². The van der Waals surface area contributed by atoms with Crippen LogP contribution < -0.4 is 10.5 Å². The average Bonchev–Trinajstić information content (AvgIpc) is 2.82. The third kappa shape index (κ3) is 8.48. The van der Waals surface area contributed by atoms with E-state index in [-0.39, 0.29) is 30.4 Å². The summed E-state index contributed by atoms with van der Waals surface area (Å²) < 4.78 is 76.1. The van der Waals surface area contributed by atoms with Gasteiger partial charge in [0.1, 0.15) is 5.56 Å². The average molecular weight is 522 g/mol. The van der Waals surface area contributed by atoms with E-state index in [4.69, 9.17) is 0 Å². The van der Waals surface area contributed by atoms with Crippen molar-refractivity contribution in [2.75, 3.05) is 31.1 Å². The summed E-state index contributed by atoms with van der Waals surface area (Å²) in [6.45, 7) is 5.66. The molecule has 1 amide bonds. The van der Waals surface area contributed by atoms with Gasteiger partial charge in [-0.2, -0.15) is 31.4 Å². The Kier molecular flexibility index (Phi) is 10.2. The number of amides is 1. The molecule has 3 heterocycles. The molecule has 200 valence electrons. The minimum Gasteiger partial charge on any atom is -0.339 e. The van der Waals surface area contributed by atoms with E-state index in [0.717, 1.165) is 12.4 Å². The van der Waals surface area contributed by atoms with Crippen LogP contribution in [0.2, 0.25) is 0 Å². The van der Waals surface area contributed by atoms with Crippen LogP contribution in [-0.2, 0) is 23.6 Å². The van der Waals surface area contributed by atoms with Crippen LogP contribution in [0.3, 0.4) is 0 Å². The van der Waals surface area contributed by atoms with E-state index >= 15 is 0 Å². The fourth-order valence-electron chi connectivity index (χ4n) is 3.31. The lowest BCUT2D eigenvalue weighted by Crippen LogP contribution is -2.49. The van der Waals surface area contributed by atoms with Gasteiger partial charge in [-0.15, -0.1) is 0 Å². The molecule has 1 aliphatic rings. The highest BCUT2D eigenvalue weighted by Crippen LogP contribution is 2.28. The van der Waals surface area contributed by atoms with E-state index in [9.17, 15) is 35.9 Å². The van der Waals surface area contributed by atoms with Crippen LogP contribution in [0.25, 0.3) is 0 Å². The minimum atomic E-state index is -4.77. The molecule has 3 rings (SSSR count). The number of hydrogen-bond acceptors (Lipinski definition) is 6. The summed E-state index contributed by atoms with van der Waals surface area (Å²) in [5.74, 6) is 0.0233. The molecule has 0 radical (unpaired) electrons. The van der Waals surface area contributed by atoms with Crippen molar-refractivity contribution in [2.45, 2.75) is 58.3 Å². The second-order valence-corrected chi connectivity index (χ2v) is 8.15. The number of anilines is 1. The van der Waals surface area contributed by atoms with Gasteiger partial charge in [0, 0.05) is 45.0 Å². The minimum absolute atomic E-state index is 0.0829. The summed E-state index contributed by atoms with van der Waals surface area (Å²) >= 11 is 0. The molecule has 36 heavy (non-hydrogen) atoms. The second kappa shape index (κ2) is 12.7. The van der Waals surface area contributed by atoms with E-state index in [1.807, 2.05) is 5.10 Å². The maximum Gasteiger partial charge on any atom is 0.421 e. The smallest absolute Gasteiger partial charge is 0.339 e. The van der Waals surface area contributed by atoms with Crippen molar-refractivity contribution in [1.29, 1.82) is 0 Å². The molecule has 1 N–H and O–H groups in total. The first-order valence-electron chi connectivity index (χ1n) is 11.4. The Morgan fingerprint density at radius 3 is 2.08 bits per heavy atom. The van der Waals surface area contributed by atoms with Crippen molar-refractivity contribution in [3.63, 3.8) is 0 Å². The van der Waals surface area contributed by atoms with E-state index in [0.29, 0.717) is 45.1 Å². The molecular formula is C22H28F6N6O2. The van der Waals surface area contributed by atoms with Gasteiger partial charge >= 0.3 is 12.4 Å². The summed E-state index contributed by atoms with van der Waals surface area (Å²) in [5, 5.41) is 5.44. The molecule has 0 unspecified atom stereocenters. The molecular weight excluding hydrogens is 494 g/mol. The third-order valence-corrected chi connectivity index (χ3v) is 5.12. The molecule has 0 atom stereocenters. The van der Waals surface area contributed by atoms with Crippen LogP contribution in [0.5, 0.6) is 0 Å². The standard InChI is InChI=1S/C19H20F6N6O2.C3H8/c20-18(21,22)12-10-26-17(27-11-12)31-7-5-30(6-8-31)15(32)4-2-1-3-13-9-14(19(23,24)25)16(33)29-28-13;1-3-2/h9-11H,1-8H2,(H,29,33);3H2,1-2H3. The molecule has 1 saturated heterocycles. The van der Waals surface area contributed by atoms with Crippen LogP contribution in [0.4, 0.5) is 32.3 Å². The van der Waals surface area contributed by atoms with E-state index < -0.39 is 29.0 Å². The van der Waals surface area contributed by atoms with Crippen molar-refractivity contribution in [3.8, 4) is 0 Å². The largest absolute Gasteiger partial charge is 0.421 e. The zero-order valence-electron chi connectivity index (χ0n) is 19.9. The Hall–Kier alpha value is -3.19. The first-order chi connectivity index (χ1) is 16.9. The topological polar surface area (TPSA) is 95.1 Å². The summed E-state index contributed by atoms with van der Waals surface area (Å²) in [6.07, 6.45) is -5.42. The number of piperazine rings is 1. The Morgan fingerprint density at radius 1 is 0.972 bits per heavy atom. The first-order valence-corrected chi connectivity index (χ1v) is 11.4. The number of halogens is 6. The number of H-pyrrole nitrogens is 1. The van der Waals surface area contributed by atoms with E-state index in [1.165, 1.54) is 6.42 Å². The van der Waals surface area contributed by atoms with Gasteiger partial charge in [-0.25, -0.2) is 15.1 Å². The molecule has 14 heteroatoms. The van der Waals surface area contributed by atoms with Gasteiger partial charge in [0.05, 0.1) is 11.3 Å². The maximum atomic E-state index is 12.8. The fraction of sp³-hybridized carbons (Fsp3) is 0.591. The number of alkyl halides is 6. The SMILES string of the molecule is CCC.O=C(CCCCc1cc(C(F)(F)F)c(=O)[nH]n1)N1CCN(c2ncc(C(F)(F)F)cn2)CC1. The highest BCUT2D eigenvalue weighted by atomic mass is 19.4. The van der Waals surface area contributed by atoms with Gasteiger partial charge in [0.15, 0.2) is 0 Å². The Labute approximate surface area is 203 Å². The fourth-order valence-corrected chi connectivity index (χ4v) is 3.31. The Morgan fingerprint density at radius 2 is 1.56 bits per heavy atom. The molecule has 1 fully saturated rings. The van der Waals surface area contributed by atoms with Gasteiger partial charge in [-0.3, -0.25) is 9.59 Å². The zero-order chi connectivity index (χ0) is 26.9. The number of rotatable bonds is 6. The summed E-state index contributed by atoms with van der Waals surface area (Å²) in [6, 6.07) is 0.712. The summed E-state index contributed by atoms with van der Waals surface area (Å²) in [4.78, 5) is 34.4. The summed E-state index contributed by atoms with van der Waals surface area (Å²) in [7, 11) is 0. The third-order valence-electron chi connectivity index (χ3n) is 5.12. The van der Waals surface area contributed by atoms with Gasteiger partial charge < -0.3 is 9.80 Å². The van der Waals surface area contributed by atoms with Gasteiger partial charge in [-0.05, 0) is 25.3 Å². The monoisotopic (exact) mass is 522 g/mol. The number of aromatic amines is 1. The van der Waals surface area contributed by atoms with Crippen molar-refractivity contribution in [3.05, 3.63) is 45.6 Å². The van der Waals surface area contributed by atoms with Crippen LogP contribution in [0, 0.1) is 0 Å². The predicted molar refractivity (Wildman–Crippen MR) is 119 cm³/mol. The first kappa shape index (κ1) is 29.0. The van der Waals surface area contributed by atoms with Crippen molar-refractivity contribution in [1.82, 2.24) is 25.1 Å². The number of nitrogens with one attached hydrogen (secondary N) is 1. The highest BCUT2D eigenvalue weighted by molar-refractivity contribution is 5.76. The maximum absolute atomic E-state index is 12.8. The number of unbranched alkanes of at least 4 members (excludes halogenated alkanes) is 1. The predicted octanol–water partition coefficient (Wildman–Crippen LogP) is 4.08. The number of carbonyl (C=O) groups excluding carboxylic acids is 1. The number of hydrogen-bond donors (Lipinski definition) is 1. The molecule has 0 aromatic carbocycles. The van der Waals surface area contributed by atoms with Crippen LogP contribution in [-0.4, -0.2) is 57.2 Å². The van der Waals surface area contributed by atoms with Gasteiger partial charge in [0.2, 0.25) is 11.9 Å². The lowest BCUT2D eigenvalue weighted by Gasteiger charge is -2.34. The van der Waals surface area contributed by atoms with Crippen molar-refractivity contribution >= 4 is 11.9 Å². The highest BCUT2D eigenvalue weighted by Gasteiger charge is 2.34. The van der Waals surface area contributed by atoms with Crippen LogP contribution in [0.1, 0.15) is 56.4 Å². The molecule has 0 aliphatic carbocycles. The van der Waals surface area contributed by atoms with Crippen molar-refractivity contribution < 1.29 is 31.1 Å². The van der Waals surface area contributed by atoms with Gasteiger partial charge in [0.25, 0.3) is 5.56 Å². The van der Waals surface area contributed by atoms with Crippen LogP contribution in [0.15, 0.2) is 23.3 Å². The Balaban J connectivity index is 0.00000145. The molecule has 0 spiro atoms.